The Morgan fingerprint density at radius 1 is 1.12 bits per heavy atom. The molecule has 17 heavy (non-hydrogen) atoms. The molecule has 1 aromatic heterocycles. The van der Waals surface area contributed by atoms with Crippen molar-refractivity contribution in [2.24, 2.45) is 0 Å². The lowest BCUT2D eigenvalue weighted by Gasteiger charge is -2.02. The summed E-state index contributed by atoms with van der Waals surface area (Å²) in [6, 6.07) is 8.89. The maximum Gasteiger partial charge on any atom is 0.147 e. The average Bonchev–Trinajstić information content (AvgIpc) is 2.29. The fourth-order valence-corrected chi connectivity index (χ4v) is 1.88. The second kappa shape index (κ2) is 5.25. The highest BCUT2D eigenvalue weighted by Crippen LogP contribution is 2.19. The second-order valence-electron chi connectivity index (χ2n) is 3.36. The molecule has 0 aliphatic heterocycles. The van der Waals surface area contributed by atoms with Crippen molar-refractivity contribution in [3.63, 3.8) is 0 Å². The van der Waals surface area contributed by atoms with Crippen molar-refractivity contribution in [3.8, 4) is 11.3 Å². The van der Waals surface area contributed by atoms with E-state index < -0.39 is 10.7 Å². The number of hydrogen-bond donors (Lipinski definition) is 1. The van der Waals surface area contributed by atoms with Gasteiger partial charge in [-0.1, -0.05) is 23.7 Å². The molecule has 4 nitrogen and oxygen atoms in total. The van der Waals surface area contributed by atoms with Crippen LogP contribution in [-0.2, 0) is 16.5 Å². The van der Waals surface area contributed by atoms with Crippen LogP contribution in [0.3, 0.4) is 0 Å². The zero-order valence-corrected chi connectivity index (χ0v) is 10.4. The second-order valence-corrected chi connectivity index (χ2v) is 4.77. The van der Waals surface area contributed by atoms with Gasteiger partial charge in [0.2, 0.25) is 0 Å². The fraction of sp³-hybridized carbons (Fsp3) is 0.0909. The fourth-order valence-electron chi connectivity index (χ4n) is 1.37. The smallest absolute Gasteiger partial charge is 0.147 e. The molecule has 0 amide bonds. The SMILES string of the molecule is O=[SH](=O)Cc1nccc(-c2ccc(Cl)cc2)n1. The van der Waals surface area contributed by atoms with E-state index in [-0.39, 0.29) is 5.75 Å². The Morgan fingerprint density at radius 3 is 2.47 bits per heavy atom. The van der Waals surface area contributed by atoms with Crippen molar-refractivity contribution in [2.45, 2.75) is 5.75 Å². The van der Waals surface area contributed by atoms with Crippen LogP contribution in [0.1, 0.15) is 5.82 Å². The van der Waals surface area contributed by atoms with Gasteiger partial charge in [-0.3, -0.25) is 0 Å². The minimum absolute atomic E-state index is 0.142. The van der Waals surface area contributed by atoms with E-state index in [0.717, 1.165) is 5.56 Å². The minimum Gasteiger partial charge on any atom is -0.240 e. The Hall–Kier alpha value is -1.46. The Kier molecular flexibility index (Phi) is 3.71. The van der Waals surface area contributed by atoms with E-state index in [1.54, 1.807) is 24.4 Å². The molecule has 2 rings (SSSR count). The van der Waals surface area contributed by atoms with E-state index in [9.17, 15) is 8.42 Å². The van der Waals surface area contributed by atoms with Crippen LogP contribution < -0.4 is 0 Å². The average molecular weight is 269 g/mol. The van der Waals surface area contributed by atoms with Gasteiger partial charge in [-0.15, -0.1) is 0 Å². The highest BCUT2D eigenvalue weighted by molar-refractivity contribution is 7.71. The molecular formula is C11H9ClN2O2S. The van der Waals surface area contributed by atoms with E-state index >= 15 is 0 Å². The van der Waals surface area contributed by atoms with Crippen LogP contribution >= 0.6 is 11.6 Å². The predicted molar refractivity (Wildman–Crippen MR) is 66.5 cm³/mol. The van der Waals surface area contributed by atoms with Crippen molar-refractivity contribution >= 4 is 22.3 Å². The summed E-state index contributed by atoms with van der Waals surface area (Å²) in [6.45, 7) is 0. The maximum absolute atomic E-state index is 10.6. The topological polar surface area (TPSA) is 59.9 Å². The third-order valence-electron chi connectivity index (χ3n) is 2.12. The zero-order chi connectivity index (χ0) is 12.3. The molecule has 0 radical (unpaired) electrons. The molecule has 0 saturated heterocycles. The normalized spacial score (nSPS) is 10.7. The highest BCUT2D eigenvalue weighted by Gasteiger charge is 2.03. The Bertz CT molecular complexity index is 589. The summed E-state index contributed by atoms with van der Waals surface area (Å²) in [4.78, 5) is 8.08. The number of nitrogens with zero attached hydrogens (tertiary/aromatic N) is 2. The first-order valence-electron chi connectivity index (χ1n) is 4.85. The predicted octanol–water partition coefficient (Wildman–Crippen LogP) is 1.91. The number of hydrogen-bond acceptors (Lipinski definition) is 4. The van der Waals surface area contributed by atoms with Gasteiger partial charge < -0.3 is 0 Å². The lowest BCUT2D eigenvalue weighted by atomic mass is 10.1. The molecule has 0 N–H and O–H groups in total. The summed E-state index contributed by atoms with van der Waals surface area (Å²) >= 11 is 5.79. The first-order valence-corrected chi connectivity index (χ1v) is 6.59. The van der Waals surface area contributed by atoms with E-state index in [1.807, 2.05) is 12.1 Å². The summed E-state index contributed by atoms with van der Waals surface area (Å²) in [5.74, 6) is 0.157. The van der Waals surface area contributed by atoms with Gasteiger partial charge >= 0.3 is 0 Å². The van der Waals surface area contributed by atoms with Gasteiger partial charge in [-0.25, -0.2) is 18.4 Å². The molecule has 0 aliphatic carbocycles. The number of benzene rings is 1. The van der Waals surface area contributed by atoms with Crippen LogP contribution in [0.15, 0.2) is 36.5 Å². The molecule has 0 fully saturated rings. The van der Waals surface area contributed by atoms with Crippen molar-refractivity contribution < 1.29 is 8.42 Å². The Morgan fingerprint density at radius 2 is 1.82 bits per heavy atom. The van der Waals surface area contributed by atoms with Gasteiger partial charge in [-0.2, -0.15) is 0 Å². The molecule has 0 aliphatic rings. The third-order valence-corrected chi connectivity index (χ3v) is 2.91. The summed E-state index contributed by atoms with van der Waals surface area (Å²) < 4.78 is 21.2. The lowest BCUT2D eigenvalue weighted by Crippen LogP contribution is -1.97. The van der Waals surface area contributed by atoms with Crippen LogP contribution in [0.2, 0.25) is 5.02 Å². The number of aromatic nitrogens is 2. The molecule has 0 bridgehead atoms. The van der Waals surface area contributed by atoms with Gasteiger partial charge in [0, 0.05) is 16.8 Å². The van der Waals surface area contributed by atoms with E-state index in [0.29, 0.717) is 16.5 Å². The molecule has 1 heterocycles. The molecule has 6 heteroatoms. The molecule has 88 valence electrons. The molecule has 0 atom stereocenters. The van der Waals surface area contributed by atoms with Crippen molar-refractivity contribution in [2.75, 3.05) is 0 Å². The van der Waals surface area contributed by atoms with Crippen molar-refractivity contribution in [3.05, 3.63) is 47.4 Å². The zero-order valence-electron chi connectivity index (χ0n) is 8.71. The summed E-state index contributed by atoms with van der Waals surface area (Å²) in [5.41, 5.74) is 1.56. The van der Waals surface area contributed by atoms with Gasteiger partial charge in [0.05, 0.1) is 5.69 Å². The van der Waals surface area contributed by atoms with Crippen molar-refractivity contribution in [1.82, 2.24) is 9.97 Å². The molecule has 0 unspecified atom stereocenters. The summed E-state index contributed by atoms with van der Waals surface area (Å²) in [6.07, 6.45) is 1.55. The van der Waals surface area contributed by atoms with Gasteiger partial charge in [0.1, 0.15) is 22.3 Å². The quantitative estimate of drug-likeness (QED) is 0.864. The largest absolute Gasteiger partial charge is 0.240 e. The number of halogens is 1. The van der Waals surface area contributed by atoms with E-state index in [4.69, 9.17) is 11.6 Å². The van der Waals surface area contributed by atoms with Crippen LogP contribution in [0.25, 0.3) is 11.3 Å². The van der Waals surface area contributed by atoms with Crippen molar-refractivity contribution in [1.29, 1.82) is 0 Å². The monoisotopic (exact) mass is 268 g/mol. The summed E-state index contributed by atoms with van der Waals surface area (Å²) in [7, 11) is -2.51. The lowest BCUT2D eigenvalue weighted by molar-refractivity contribution is 0.612. The molecule has 2 aromatic rings. The molecule has 1 aromatic carbocycles. The van der Waals surface area contributed by atoms with Crippen LogP contribution in [0.4, 0.5) is 0 Å². The highest BCUT2D eigenvalue weighted by atomic mass is 35.5. The number of thiol groups is 1. The van der Waals surface area contributed by atoms with E-state index in [2.05, 4.69) is 9.97 Å². The first-order chi connectivity index (χ1) is 8.15. The van der Waals surface area contributed by atoms with Gasteiger partial charge in [-0.05, 0) is 18.2 Å². The maximum atomic E-state index is 10.6. The molecule has 0 spiro atoms. The summed E-state index contributed by atoms with van der Waals surface area (Å²) in [5, 5.41) is 0.644. The van der Waals surface area contributed by atoms with Crippen LogP contribution in [0.5, 0.6) is 0 Å². The third kappa shape index (κ3) is 3.25. The van der Waals surface area contributed by atoms with Crippen LogP contribution in [-0.4, -0.2) is 18.4 Å². The minimum atomic E-state index is -2.51. The molecule has 0 saturated carbocycles. The standard InChI is InChI=1S/C11H9ClN2O2S/c12-9-3-1-8(2-4-9)10-5-6-13-11(14-10)7-17(15)16/h1-6,17H,7H2. The first kappa shape index (κ1) is 12.0. The van der Waals surface area contributed by atoms with E-state index in [1.165, 1.54) is 0 Å². The van der Waals surface area contributed by atoms with Gasteiger partial charge in [0.15, 0.2) is 0 Å². The van der Waals surface area contributed by atoms with Gasteiger partial charge in [0.25, 0.3) is 0 Å². The Balaban J connectivity index is 2.35. The number of rotatable bonds is 3. The van der Waals surface area contributed by atoms with Crippen LogP contribution in [0, 0.1) is 0 Å². The Labute approximate surface area is 105 Å². The molecular weight excluding hydrogens is 260 g/mol.